The fourth-order valence-electron chi connectivity index (χ4n) is 3.93. The predicted octanol–water partition coefficient (Wildman–Crippen LogP) is 4.26. The number of hydrogen-bond donors (Lipinski definition) is 0. The molecular formula is C21H33N3O2. The average molecular weight is 360 g/mol. The highest BCUT2D eigenvalue weighted by atomic mass is 16.6. The summed E-state index contributed by atoms with van der Waals surface area (Å²) in [5, 5.41) is 0. The molecule has 1 aromatic rings. The van der Waals surface area contributed by atoms with E-state index in [9.17, 15) is 4.79 Å². The number of nitrogens with zero attached hydrogens (tertiary/aromatic N) is 3. The molecule has 1 amide bonds. The van der Waals surface area contributed by atoms with Gasteiger partial charge >= 0.3 is 6.09 Å². The van der Waals surface area contributed by atoms with Crippen LogP contribution in [0.3, 0.4) is 0 Å². The number of rotatable bonds is 5. The Bertz CT molecular complexity index is 559. The molecule has 2 saturated heterocycles. The van der Waals surface area contributed by atoms with Gasteiger partial charge in [0.1, 0.15) is 5.82 Å². The topological polar surface area (TPSA) is 45.7 Å². The highest BCUT2D eigenvalue weighted by Crippen LogP contribution is 2.24. The summed E-state index contributed by atoms with van der Waals surface area (Å²) in [4.78, 5) is 20.9. The first kappa shape index (κ1) is 19.0. The number of aromatic nitrogens is 1. The molecule has 26 heavy (non-hydrogen) atoms. The van der Waals surface area contributed by atoms with Crippen LogP contribution in [0, 0.1) is 5.92 Å². The second-order valence-corrected chi connectivity index (χ2v) is 7.97. The van der Waals surface area contributed by atoms with Gasteiger partial charge in [-0.2, -0.15) is 0 Å². The van der Waals surface area contributed by atoms with Crippen molar-refractivity contribution in [3.05, 3.63) is 23.9 Å². The molecule has 2 fully saturated rings. The van der Waals surface area contributed by atoms with Crippen molar-refractivity contribution in [2.24, 2.45) is 5.92 Å². The summed E-state index contributed by atoms with van der Waals surface area (Å²) < 4.78 is 5.29. The van der Waals surface area contributed by atoms with Gasteiger partial charge in [-0.15, -0.1) is 0 Å². The molecule has 144 valence electrons. The van der Waals surface area contributed by atoms with Crippen molar-refractivity contribution in [1.29, 1.82) is 0 Å². The SMILES string of the molecule is CC(C)OC(=O)N1CCC(CCc2ccc(N3CCCCC3)nc2)CC1. The summed E-state index contributed by atoms with van der Waals surface area (Å²) in [5.41, 5.74) is 1.33. The Morgan fingerprint density at radius 3 is 2.50 bits per heavy atom. The van der Waals surface area contributed by atoms with Crippen LogP contribution in [0.4, 0.5) is 10.6 Å². The lowest BCUT2D eigenvalue weighted by Gasteiger charge is -2.31. The van der Waals surface area contributed by atoms with Crippen LogP contribution >= 0.6 is 0 Å². The van der Waals surface area contributed by atoms with Gasteiger partial charge in [0.2, 0.25) is 0 Å². The Kier molecular flexibility index (Phi) is 6.75. The summed E-state index contributed by atoms with van der Waals surface area (Å²) in [7, 11) is 0. The van der Waals surface area contributed by atoms with Crippen LogP contribution in [0.2, 0.25) is 0 Å². The zero-order chi connectivity index (χ0) is 18.4. The molecule has 3 heterocycles. The molecule has 0 saturated carbocycles. The molecule has 3 rings (SSSR count). The quantitative estimate of drug-likeness (QED) is 0.788. The van der Waals surface area contributed by atoms with Crippen LogP contribution in [0.15, 0.2) is 18.3 Å². The lowest BCUT2D eigenvalue weighted by molar-refractivity contribution is 0.0648. The Morgan fingerprint density at radius 1 is 1.15 bits per heavy atom. The molecule has 0 spiro atoms. The summed E-state index contributed by atoms with van der Waals surface area (Å²) in [6.45, 7) is 7.73. The van der Waals surface area contributed by atoms with Gasteiger partial charge in [-0.1, -0.05) is 6.07 Å². The molecule has 2 aliphatic rings. The van der Waals surface area contributed by atoms with Crippen molar-refractivity contribution in [2.45, 2.75) is 64.9 Å². The molecule has 0 unspecified atom stereocenters. The molecule has 0 atom stereocenters. The van der Waals surface area contributed by atoms with Crippen LogP contribution in [0.5, 0.6) is 0 Å². The number of amides is 1. The standard InChI is InChI=1S/C21H33N3O2/c1-17(2)26-21(25)24-14-10-18(11-15-24)6-7-19-8-9-20(22-16-19)23-12-4-3-5-13-23/h8-9,16-18H,3-7,10-15H2,1-2H3. The molecular weight excluding hydrogens is 326 g/mol. The van der Waals surface area contributed by atoms with Crippen molar-refractivity contribution < 1.29 is 9.53 Å². The van der Waals surface area contributed by atoms with Gasteiger partial charge in [0.25, 0.3) is 0 Å². The number of carbonyl (C=O) groups is 1. The van der Waals surface area contributed by atoms with E-state index >= 15 is 0 Å². The van der Waals surface area contributed by atoms with Crippen molar-refractivity contribution >= 4 is 11.9 Å². The molecule has 0 radical (unpaired) electrons. The maximum atomic E-state index is 11.9. The van der Waals surface area contributed by atoms with Gasteiger partial charge in [-0.05, 0) is 76.3 Å². The molecule has 0 bridgehead atoms. The number of pyridine rings is 1. The highest BCUT2D eigenvalue weighted by molar-refractivity contribution is 5.67. The molecule has 0 aromatic carbocycles. The minimum absolute atomic E-state index is 0.0411. The third-order valence-electron chi connectivity index (χ3n) is 5.54. The largest absolute Gasteiger partial charge is 0.447 e. The first-order valence-electron chi connectivity index (χ1n) is 10.3. The lowest BCUT2D eigenvalue weighted by atomic mass is 9.91. The second kappa shape index (κ2) is 9.24. The Morgan fingerprint density at radius 2 is 1.88 bits per heavy atom. The first-order valence-corrected chi connectivity index (χ1v) is 10.3. The van der Waals surface area contributed by atoms with E-state index in [0.29, 0.717) is 5.92 Å². The third kappa shape index (κ3) is 5.36. The van der Waals surface area contributed by atoms with E-state index in [1.54, 1.807) is 0 Å². The number of hydrogen-bond acceptors (Lipinski definition) is 4. The average Bonchev–Trinajstić information content (AvgIpc) is 2.67. The lowest BCUT2D eigenvalue weighted by Crippen LogP contribution is -2.39. The fourth-order valence-corrected chi connectivity index (χ4v) is 3.93. The molecule has 5 nitrogen and oxygen atoms in total. The van der Waals surface area contributed by atoms with E-state index in [2.05, 4.69) is 28.2 Å². The molecule has 0 aliphatic carbocycles. The third-order valence-corrected chi connectivity index (χ3v) is 5.54. The number of ether oxygens (including phenoxy) is 1. The summed E-state index contributed by atoms with van der Waals surface area (Å²) >= 11 is 0. The van der Waals surface area contributed by atoms with Crippen molar-refractivity contribution in [2.75, 3.05) is 31.1 Å². The van der Waals surface area contributed by atoms with E-state index in [-0.39, 0.29) is 12.2 Å². The zero-order valence-corrected chi connectivity index (χ0v) is 16.3. The van der Waals surface area contributed by atoms with Crippen LogP contribution in [0.25, 0.3) is 0 Å². The van der Waals surface area contributed by atoms with Crippen molar-refractivity contribution in [3.63, 3.8) is 0 Å². The van der Waals surface area contributed by atoms with Crippen LogP contribution in [-0.2, 0) is 11.2 Å². The second-order valence-electron chi connectivity index (χ2n) is 7.97. The van der Waals surface area contributed by atoms with Crippen LogP contribution < -0.4 is 4.90 Å². The Labute approximate surface area is 157 Å². The number of carbonyl (C=O) groups excluding carboxylic acids is 1. The number of aryl methyl sites for hydroxylation is 1. The van der Waals surface area contributed by atoms with Gasteiger partial charge in [0.15, 0.2) is 0 Å². The van der Waals surface area contributed by atoms with E-state index in [1.165, 1.54) is 31.2 Å². The number of piperidine rings is 2. The minimum atomic E-state index is -0.157. The van der Waals surface area contributed by atoms with Gasteiger partial charge in [-0.3, -0.25) is 0 Å². The maximum absolute atomic E-state index is 11.9. The molecule has 0 N–H and O–H groups in total. The molecule has 5 heteroatoms. The van der Waals surface area contributed by atoms with E-state index in [0.717, 1.165) is 51.3 Å². The normalized spacial score (nSPS) is 19.0. The maximum Gasteiger partial charge on any atom is 0.410 e. The number of likely N-dealkylation sites (tertiary alicyclic amines) is 1. The fraction of sp³-hybridized carbons (Fsp3) is 0.714. The Balaban J connectivity index is 1.40. The van der Waals surface area contributed by atoms with Crippen molar-refractivity contribution in [1.82, 2.24) is 9.88 Å². The van der Waals surface area contributed by atoms with Gasteiger partial charge in [0, 0.05) is 32.4 Å². The summed E-state index contributed by atoms with van der Waals surface area (Å²) in [6, 6.07) is 4.43. The van der Waals surface area contributed by atoms with Crippen LogP contribution in [-0.4, -0.2) is 48.3 Å². The summed E-state index contributed by atoms with van der Waals surface area (Å²) in [6.07, 6.45) is 10.2. The van der Waals surface area contributed by atoms with E-state index < -0.39 is 0 Å². The summed E-state index contributed by atoms with van der Waals surface area (Å²) in [5.74, 6) is 1.82. The van der Waals surface area contributed by atoms with Crippen LogP contribution in [0.1, 0.15) is 57.9 Å². The van der Waals surface area contributed by atoms with Crippen molar-refractivity contribution in [3.8, 4) is 0 Å². The predicted molar refractivity (Wildman–Crippen MR) is 105 cm³/mol. The molecule has 1 aromatic heterocycles. The highest BCUT2D eigenvalue weighted by Gasteiger charge is 2.24. The van der Waals surface area contributed by atoms with Gasteiger partial charge < -0.3 is 14.5 Å². The molecule has 2 aliphatic heterocycles. The van der Waals surface area contributed by atoms with Gasteiger partial charge in [0.05, 0.1) is 6.10 Å². The van der Waals surface area contributed by atoms with Gasteiger partial charge in [-0.25, -0.2) is 9.78 Å². The van der Waals surface area contributed by atoms with E-state index in [1.807, 2.05) is 18.7 Å². The smallest absolute Gasteiger partial charge is 0.410 e. The minimum Gasteiger partial charge on any atom is -0.447 e. The zero-order valence-electron chi connectivity index (χ0n) is 16.3. The number of anilines is 1. The van der Waals surface area contributed by atoms with E-state index in [4.69, 9.17) is 4.74 Å². The Hall–Kier alpha value is -1.78. The monoisotopic (exact) mass is 359 g/mol. The first-order chi connectivity index (χ1) is 12.6.